The highest BCUT2D eigenvalue weighted by Gasteiger charge is 2.13. The van der Waals surface area contributed by atoms with Gasteiger partial charge in [-0.3, -0.25) is 0 Å². The Bertz CT molecular complexity index is 940. The van der Waals surface area contributed by atoms with Crippen LogP contribution in [0.5, 0.6) is 5.75 Å². The number of aryl methyl sites for hydroxylation is 1. The van der Waals surface area contributed by atoms with Gasteiger partial charge in [0.25, 0.3) is 0 Å². The Morgan fingerprint density at radius 1 is 1.29 bits per heavy atom. The van der Waals surface area contributed by atoms with E-state index in [1.54, 1.807) is 22.7 Å². The van der Waals surface area contributed by atoms with E-state index in [9.17, 15) is 0 Å². The molecule has 0 saturated carbocycles. The lowest BCUT2D eigenvalue weighted by molar-refractivity contribution is 0.309. The molecule has 4 rings (SSSR count). The average Bonchev–Trinajstić information content (AvgIpc) is 3.14. The van der Waals surface area contributed by atoms with Crippen LogP contribution < -0.4 is 10.5 Å². The molecule has 3 heterocycles. The van der Waals surface area contributed by atoms with Gasteiger partial charge in [0.2, 0.25) is 5.13 Å². The Hall–Kier alpha value is -1.77. The van der Waals surface area contributed by atoms with Gasteiger partial charge in [-0.15, -0.1) is 32.9 Å². The van der Waals surface area contributed by atoms with Crippen LogP contribution in [0.2, 0.25) is 0 Å². The van der Waals surface area contributed by atoms with Crippen molar-refractivity contribution < 1.29 is 4.74 Å². The summed E-state index contributed by atoms with van der Waals surface area (Å²) in [6, 6.07) is 4.12. The lowest BCUT2D eigenvalue weighted by atomic mass is 10.2. The molecule has 8 heteroatoms. The van der Waals surface area contributed by atoms with Crippen LogP contribution in [-0.4, -0.2) is 15.2 Å². The van der Waals surface area contributed by atoms with Crippen molar-refractivity contribution in [2.75, 3.05) is 5.73 Å². The van der Waals surface area contributed by atoms with Crippen molar-refractivity contribution in [3.05, 3.63) is 27.5 Å². The summed E-state index contributed by atoms with van der Waals surface area (Å²) in [5.41, 5.74) is 6.65. The highest BCUT2D eigenvalue weighted by molar-refractivity contribution is 7.21. The van der Waals surface area contributed by atoms with Crippen LogP contribution in [0.4, 0.5) is 5.13 Å². The number of hydrogen-bond donors (Lipinski definition) is 1. The summed E-state index contributed by atoms with van der Waals surface area (Å²) in [6.45, 7) is 2.40. The number of nitrogen functional groups attached to an aromatic ring is 1. The van der Waals surface area contributed by atoms with Gasteiger partial charge in [0.1, 0.15) is 12.4 Å². The third-order valence-corrected chi connectivity index (χ3v) is 5.57. The predicted octanol–water partition coefficient (Wildman–Crippen LogP) is 3.83. The molecule has 5 nitrogen and oxygen atoms in total. The van der Waals surface area contributed by atoms with Gasteiger partial charge in [0.15, 0.2) is 5.01 Å². The first-order chi connectivity index (χ1) is 10.2. The lowest BCUT2D eigenvalue weighted by Gasteiger charge is -2.05. The van der Waals surface area contributed by atoms with Gasteiger partial charge >= 0.3 is 0 Å². The summed E-state index contributed by atoms with van der Waals surface area (Å²) >= 11 is 4.71. The second kappa shape index (κ2) is 4.90. The zero-order valence-corrected chi connectivity index (χ0v) is 13.4. The Balaban J connectivity index is 1.77. The van der Waals surface area contributed by atoms with Crippen LogP contribution in [-0.2, 0) is 6.61 Å². The number of benzene rings is 1. The van der Waals surface area contributed by atoms with Crippen molar-refractivity contribution in [3.63, 3.8) is 0 Å². The Morgan fingerprint density at radius 2 is 2.19 bits per heavy atom. The molecule has 0 fully saturated rings. The number of nitrogens with two attached hydrogens (primary N) is 1. The molecule has 0 saturated heterocycles. The van der Waals surface area contributed by atoms with Crippen LogP contribution in [0.15, 0.2) is 17.5 Å². The molecule has 21 heavy (non-hydrogen) atoms. The second-order valence-corrected chi connectivity index (χ2v) is 7.68. The molecule has 0 unspecified atom stereocenters. The minimum atomic E-state index is 0.378. The summed E-state index contributed by atoms with van der Waals surface area (Å²) in [7, 11) is 0. The molecular formula is C13H10N4OS3. The predicted molar refractivity (Wildman–Crippen MR) is 88.4 cm³/mol. The molecule has 3 aromatic heterocycles. The maximum absolute atomic E-state index is 5.93. The van der Waals surface area contributed by atoms with E-state index in [1.165, 1.54) is 16.0 Å². The summed E-state index contributed by atoms with van der Waals surface area (Å²) in [4.78, 5) is 4.61. The molecule has 0 bridgehead atoms. The highest BCUT2D eigenvalue weighted by atomic mass is 32.1. The molecule has 0 aliphatic carbocycles. The topological polar surface area (TPSA) is 73.9 Å². The van der Waals surface area contributed by atoms with Crippen LogP contribution in [0, 0.1) is 6.92 Å². The number of rotatable bonds is 3. The second-order valence-electron chi connectivity index (χ2n) is 4.44. The summed E-state index contributed by atoms with van der Waals surface area (Å²) < 4.78 is 8.25. The molecule has 0 atom stereocenters. The van der Waals surface area contributed by atoms with Gasteiger partial charge in [-0.05, 0) is 18.4 Å². The quantitative estimate of drug-likeness (QED) is 0.616. The van der Waals surface area contributed by atoms with Crippen LogP contribution >= 0.6 is 34.0 Å². The Kier molecular flexibility index (Phi) is 3.02. The Labute approximate surface area is 132 Å². The fraction of sp³-hybridized carbons (Fsp3) is 0.154. The molecule has 0 aliphatic heterocycles. The van der Waals surface area contributed by atoms with Gasteiger partial charge in [-0.25, -0.2) is 4.98 Å². The number of ether oxygens (including phenoxy) is 1. The van der Waals surface area contributed by atoms with Gasteiger partial charge in [0.05, 0.1) is 19.9 Å². The first-order valence-electron chi connectivity index (χ1n) is 6.19. The van der Waals surface area contributed by atoms with Gasteiger partial charge in [-0.2, -0.15) is 0 Å². The van der Waals surface area contributed by atoms with Crippen molar-refractivity contribution in [1.29, 1.82) is 0 Å². The van der Waals surface area contributed by atoms with E-state index >= 15 is 0 Å². The van der Waals surface area contributed by atoms with Crippen molar-refractivity contribution in [2.45, 2.75) is 13.5 Å². The number of fused-ring (bicyclic) bond motifs is 3. The molecule has 4 aromatic rings. The number of thiophene rings is 1. The first-order valence-corrected chi connectivity index (χ1v) is 8.70. The molecule has 1 aromatic carbocycles. The molecular weight excluding hydrogens is 324 g/mol. The van der Waals surface area contributed by atoms with Crippen LogP contribution in [0.25, 0.3) is 20.3 Å². The van der Waals surface area contributed by atoms with Gasteiger partial charge < -0.3 is 10.5 Å². The fourth-order valence-electron chi connectivity index (χ4n) is 2.17. The van der Waals surface area contributed by atoms with E-state index in [2.05, 4.69) is 32.7 Å². The third kappa shape index (κ3) is 2.25. The van der Waals surface area contributed by atoms with Crippen molar-refractivity contribution in [1.82, 2.24) is 15.2 Å². The standard InChI is InChI=1S/C13H10N4OS3/c1-6-15-11-9(20-6)4-8(7-2-3-19-12(7)11)18-5-10-16-17-13(14)21-10/h2-4H,5H2,1H3,(H2,14,17). The molecule has 0 amide bonds. The van der Waals surface area contributed by atoms with E-state index in [4.69, 9.17) is 10.5 Å². The van der Waals surface area contributed by atoms with E-state index < -0.39 is 0 Å². The molecule has 2 N–H and O–H groups in total. The molecule has 106 valence electrons. The number of thiazole rings is 1. The zero-order valence-electron chi connectivity index (χ0n) is 11.0. The molecule has 0 radical (unpaired) electrons. The smallest absolute Gasteiger partial charge is 0.203 e. The number of aromatic nitrogens is 3. The average molecular weight is 334 g/mol. The van der Waals surface area contributed by atoms with Crippen molar-refractivity contribution >= 4 is 59.4 Å². The Morgan fingerprint density at radius 3 is 3.00 bits per heavy atom. The molecule has 0 aliphatic rings. The minimum absolute atomic E-state index is 0.378. The van der Waals surface area contributed by atoms with Crippen molar-refractivity contribution in [3.8, 4) is 5.75 Å². The summed E-state index contributed by atoms with van der Waals surface area (Å²) in [5, 5.41) is 13.2. The fourth-order valence-corrected chi connectivity index (χ4v) is 4.53. The van der Waals surface area contributed by atoms with Crippen LogP contribution in [0.3, 0.4) is 0 Å². The number of anilines is 1. The maximum atomic E-state index is 5.93. The SMILES string of the molecule is Cc1nc2c(cc(OCc3nnc(N)s3)c3ccsc32)s1. The number of nitrogens with zero attached hydrogens (tertiary/aromatic N) is 3. The summed E-state index contributed by atoms with van der Waals surface area (Å²) in [5.74, 6) is 0.858. The van der Waals surface area contributed by atoms with E-state index in [0.29, 0.717) is 11.7 Å². The lowest BCUT2D eigenvalue weighted by Crippen LogP contribution is -1.95. The summed E-state index contributed by atoms with van der Waals surface area (Å²) in [6.07, 6.45) is 0. The first kappa shape index (κ1) is 12.9. The minimum Gasteiger partial charge on any atom is -0.486 e. The number of hydrogen-bond acceptors (Lipinski definition) is 8. The largest absolute Gasteiger partial charge is 0.486 e. The zero-order chi connectivity index (χ0) is 14.4. The van der Waals surface area contributed by atoms with E-state index in [-0.39, 0.29) is 0 Å². The monoisotopic (exact) mass is 334 g/mol. The van der Waals surface area contributed by atoms with Gasteiger partial charge in [0, 0.05) is 11.5 Å². The maximum Gasteiger partial charge on any atom is 0.203 e. The van der Waals surface area contributed by atoms with E-state index in [0.717, 1.165) is 31.4 Å². The normalized spacial score (nSPS) is 11.5. The van der Waals surface area contributed by atoms with E-state index in [1.807, 2.05) is 6.92 Å². The van der Waals surface area contributed by atoms with Crippen molar-refractivity contribution in [2.24, 2.45) is 0 Å². The molecule has 0 spiro atoms. The van der Waals surface area contributed by atoms with Gasteiger partial charge in [-0.1, -0.05) is 11.3 Å². The highest BCUT2D eigenvalue weighted by Crippen LogP contribution is 2.39. The third-order valence-electron chi connectivity index (χ3n) is 3.00. The van der Waals surface area contributed by atoms with Crippen LogP contribution in [0.1, 0.15) is 10.0 Å².